The van der Waals surface area contributed by atoms with Crippen molar-refractivity contribution in [3.8, 4) is 0 Å². The zero-order valence-corrected chi connectivity index (χ0v) is 43.7. The average molecular weight is 917 g/mol. The van der Waals surface area contributed by atoms with E-state index in [1.54, 1.807) is 6.08 Å². The van der Waals surface area contributed by atoms with Crippen molar-refractivity contribution in [1.82, 2.24) is 5.32 Å². The fourth-order valence-corrected chi connectivity index (χ4v) is 8.98. The molecule has 0 fully saturated rings. The van der Waals surface area contributed by atoms with Crippen molar-refractivity contribution in [3.05, 3.63) is 24.3 Å². The number of rotatable bonds is 54. The van der Waals surface area contributed by atoms with Crippen LogP contribution < -0.4 is 5.32 Å². The Kier molecular flexibility index (Phi) is 53.5. The van der Waals surface area contributed by atoms with Crippen LogP contribution in [-0.2, 0) is 14.3 Å². The summed E-state index contributed by atoms with van der Waals surface area (Å²) < 4.78 is 5.47. The quantitative estimate of drug-likeness (QED) is 0.0321. The number of esters is 1. The monoisotopic (exact) mass is 916 g/mol. The van der Waals surface area contributed by atoms with E-state index in [9.17, 15) is 19.8 Å². The van der Waals surface area contributed by atoms with E-state index in [4.69, 9.17) is 4.74 Å². The lowest BCUT2D eigenvalue weighted by atomic mass is 10.0. The van der Waals surface area contributed by atoms with Gasteiger partial charge in [-0.1, -0.05) is 269 Å². The highest BCUT2D eigenvalue weighted by molar-refractivity contribution is 5.76. The molecule has 1 amide bonds. The smallest absolute Gasteiger partial charge is 0.305 e. The predicted octanol–water partition coefficient (Wildman–Crippen LogP) is 17.9. The van der Waals surface area contributed by atoms with Crippen LogP contribution in [0.4, 0.5) is 0 Å². The minimum Gasteiger partial charge on any atom is -0.466 e. The number of hydrogen-bond acceptors (Lipinski definition) is 5. The molecule has 0 spiro atoms. The molecule has 65 heavy (non-hydrogen) atoms. The number of carbonyl (C=O) groups is 2. The van der Waals surface area contributed by atoms with Gasteiger partial charge in [0, 0.05) is 12.8 Å². The minimum atomic E-state index is -0.860. The summed E-state index contributed by atoms with van der Waals surface area (Å²) in [6.07, 6.45) is 66.2. The number of carbonyl (C=O) groups excluding carboxylic acids is 2. The van der Waals surface area contributed by atoms with Crippen LogP contribution in [0.5, 0.6) is 0 Å². The third-order valence-corrected chi connectivity index (χ3v) is 13.5. The van der Waals surface area contributed by atoms with E-state index in [1.165, 1.54) is 231 Å². The summed E-state index contributed by atoms with van der Waals surface area (Å²) in [4.78, 5) is 24.6. The zero-order valence-electron chi connectivity index (χ0n) is 43.7. The lowest BCUT2D eigenvalue weighted by Gasteiger charge is -2.20. The lowest BCUT2D eigenvalue weighted by Crippen LogP contribution is -2.45. The van der Waals surface area contributed by atoms with Crippen molar-refractivity contribution >= 4 is 11.9 Å². The largest absolute Gasteiger partial charge is 0.466 e. The van der Waals surface area contributed by atoms with Crippen LogP contribution in [0.1, 0.15) is 316 Å². The van der Waals surface area contributed by atoms with Crippen LogP contribution in [-0.4, -0.2) is 47.4 Å². The van der Waals surface area contributed by atoms with Crippen molar-refractivity contribution in [2.45, 2.75) is 328 Å². The first-order chi connectivity index (χ1) is 32.0. The van der Waals surface area contributed by atoms with Crippen molar-refractivity contribution in [1.29, 1.82) is 0 Å². The molecule has 0 aromatic rings. The summed E-state index contributed by atoms with van der Waals surface area (Å²) in [6.45, 7) is 4.87. The van der Waals surface area contributed by atoms with E-state index in [1.807, 2.05) is 6.08 Å². The molecule has 0 bridgehead atoms. The van der Waals surface area contributed by atoms with Gasteiger partial charge in [-0.15, -0.1) is 0 Å². The number of aliphatic hydroxyl groups excluding tert-OH is 2. The second kappa shape index (κ2) is 54.9. The minimum absolute atomic E-state index is 0.0231. The van der Waals surface area contributed by atoms with Crippen LogP contribution in [0.3, 0.4) is 0 Å². The summed E-state index contributed by atoms with van der Waals surface area (Å²) >= 11 is 0. The molecule has 0 aliphatic carbocycles. The summed E-state index contributed by atoms with van der Waals surface area (Å²) in [6, 6.07) is -0.645. The number of allylic oxidation sites excluding steroid dienone is 3. The molecule has 0 saturated carbocycles. The molecular weight excluding hydrogens is 803 g/mol. The number of unbranched alkanes of at least 4 members (excludes halogenated alkanes) is 41. The normalized spacial score (nSPS) is 12.7. The SMILES string of the molecule is CCCCCCCCC/C=C\CCCCCCCCCC(=O)OCCCCCCCCCCCCC(=O)NC(CO)C(O)/C=C/CCCCCCCCCCCCCCCCCCCC. The average Bonchev–Trinajstić information content (AvgIpc) is 3.31. The Hall–Kier alpha value is -1.66. The van der Waals surface area contributed by atoms with Crippen molar-refractivity contribution < 1.29 is 24.5 Å². The Morgan fingerprint density at radius 3 is 1.09 bits per heavy atom. The Labute approximate surface area is 405 Å². The Morgan fingerprint density at radius 1 is 0.415 bits per heavy atom. The van der Waals surface area contributed by atoms with Crippen LogP contribution in [0.2, 0.25) is 0 Å². The van der Waals surface area contributed by atoms with Crippen molar-refractivity contribution in [2.75, 3.05) is 13.2 Å². The molecule has 6 nitrogen and oxygen atoms in total. The predicted molar refractivity (Wildman–Crippen MR) is 283 cm³/mol. The maximum Gasteiger partial charge on any atom is 0.305 e. The molecule has 0 rings (SSSR count). The number of hydrogen-bond donors (Lipinski definition) is 3. The molecular formula is C59H113NO5. The van der Waals surface area contributed by atoms with Gasteiger partial charge < -0.3 is 20.3 Å². The van der Waals surface area contributed by atoms with Crippen molar-refractivity contribution in [2.24, 2.45) is 0 Å². The van der Waals surface area contributed by atoms with Gasteiger partial charge in [0.1, 0.15) is 0 Å². The van der Waals surface area contributed by atoms with Crippen LogP contribution in [0.25, 0.3) is 0 Å². The number of amides is 1. The molecule has 0 aromatic heterocycles. The Morgan fingerprint density at radius 2 is 0.723 bits per heavy atom. The second-order valence-corrected chi connectivity index (χ2v) is 20.0. The first-order valence-electron chi connectivity index (χ1n) is 29.1. The lowest BCUT2D eigenvalue weighted by molar-refractivity contribution is -0.143. The van der Waals surface area contributed by atoms with E-state index in [-0.39, 0.29) is 18.5 Å². The van der Waals surface area contributed by atoms with Gasteiger partial charge in [0.05, 0.1) is 25.4 Å². The van der Waals surface area contributed by atoms with Gasteiger partial charge in [0.15, 0.2) is 0 Å². The molecule has 6 heteroatoms. The molecule has 2 unspecified atom stereocenters. The maximum absolute atomic E-state index is 12.5. The molecule has 384 valence electrons. The van der Waals surface area contributed by atoms with E-state index < -0.39 is 12.1 Å². The number of aliphatic hydroxyl groups is 2. The zero-order chi connectivity index (χ0) is 47.2. The molecule has 0 aliphatic heterocycles. The van der Waals surface area contributed by atoms with Gasteiger partial charge in [-0.25, -0.2) is 0 Å². The van der Waals surface area contributed by atoms with Gasteiger partial charge >= 0.3 is 5.97 Å². The van der Waals surface area contributed by atoms with Crippen LogP contribution >= 0.6 is 0 Å². The molecule has 0 aromatic carbocycles. The summed E-state index contributed by atoms with van der Waals surface area (Å²) in [5.41, 5.74) is 0. The first-order valence-corrected chi connectivity index (χ1v) is 29.1. The molecule has 3 N–H and O–H groups in total. The first kappa shape index (κ1) is 63.3. The van der Waals surface area contributed by atoms with Gasteiger partial charge in [0.2, 0.25) is 5.91 Å². The Bertz CT molecular complexity index is 1010. The number of nitrogens with one attached hydrogen (secondary N) is 1. The van der Waals surface area contributed by atoms with Gasteiger partial charge in [-0.3, -0.25) is 9.59 Å². The van der Waals surface area contributed by atoms with Crippen molar-refractivity contribution in [3.63, 3.8) is 0 Å². The standard InChI is InChI=1S/C59H113NO5/c1-3-5-7-9-11-13-15-17-19-21-23-24-25-27-29-31-35-39-43-47-51-57(62)56(55-61)60-58(63)52-48-44-40-36-33-34-38-42-46-50-54-65-59(64)53-49-45-41-37-32-30-28-26-22-20-18-16-14-12-10-8-6-4-2/h20,22,47,51,56-57,61-62H,3-19,21,23-46,48-50,52-55H2,1-2H3,(H,60,63)/b22-20-,51-47+. The number of ether oxygens (including phenoxy) is 1. The third kappa shape index (κ3) is 51.6. The van der Waals surface area contributed by atoms with Crippen LogP contribution in [0.15, 0.2) is 24.3 Å². The molecule has 0 saturated heterocycles. The van der Waals surface area contributed by atoms with E-state index in [0.29, 0.717) is 19.4 Å². The van der Waals surface area contributed by atoms with E-state index in [0.717, 1.165) is 57.8 Å². The highest BCUT2D eigenvalue weighted by atomic mass is 16.5. The summed E-state index contributed by atoms with van der Waals surface area (Å²) in [7, 11) is 0. The summed E-state index contributed by atoms with van der Waals surface area (Å²) in [5.74, 6) is -0.111. The maximum atomic E-state index is 12.5. The second-order valence-electron chi connectivity index (χ2n) is 20.0. The van der Waals surface area contributed by atoms with Gasteiger partial charge in [-0.2, -0.15) is 0 Å². The molecule has 2 atom stereocenters. The highest BCUT2D eigenvalue weighted by Gasteiger charge is 2.18. The molecule has 0 heterocycles. The van der Waals surface area contributed by atoms with E-state index >= 15 is 0 Å². The molecule has 0 radical (unpaired) electrons. The molecule has 0 aliphatic rings. The fraction of sp³-hybridized carbons (Fsp3) is 0.898. The van der Waals surface area contributed by atoms with E-state index in [2.05, 4.69) is 31.3 Å². The highest BCUT2D eigenvalue weighted by Crippen LogP contribution is 2.17. The van der Waals surface area contributed by atoms with Gasteiger partial charge in [0.25, 0.3) is 0 Å². The van der Waals surface area contributed by atoms with Gasteiger partial charge in [-0.05, 0) is 57.8 Å². The topological polar surface area (TPSA) is 95.9 Å². The third-order valence-electron chi connectivity index (χ3n) is 13.5. The summed E-state index contributed by atoms with van der Waals surface area (Å²) in [5, 5.41) is 23.1. The Balaban J connectivity index is 3.50. The van der Waals surface area contributed by atoms with Crippen LogP contribution in [0, 0.1) is 0 Å². The fourth-order valence-electron chi connectivity index (χ4n) is 8.98.